The Hall–Kier alpha value is -0.380. The van der Waals surface area contributed by atoms with E-state index >= 15 is 0 Å². The SMILES string of the molecule is CN1C[C@H](CO)C[C@@H]1c1ccsc1. The number of rotatable bonds is 2. The summed E-state index contributed by atoms with van der Waals surface area (Å²) >= 11 is 1.75. The van der Waals surface area contributed by atoms with E-state index in [9.17, 15) is 0 Å². The molecule has 0 radical (unpaired) electrons. The van der Waals surface area contributed by atoms with E-state index < -0.39 is 0 Å². The van der Waals surface area contributed by atoms with Gasteiger partial charge in [-0.2, -0.15) is 11.3 Å². The van der Waals surface area contributed by atoms with Crippen molar-refractivity contribution in [3.8, 4) is 0 Å². The van der Waals surface area contributed by atoms with Crippen LogP contribution in [0.1, 0.15) is 18.0 Å². The molecule has 1 aromatic heterocycles. The number of thiophene rings is 1. The second-order valence-corrected chi connectivity index (χ2v) is 4.58. The zero-order valence-corrected chi connectivity index (χ0v) is 8.63. The molecular weight excluding hydrogens is 182 g/mol. The van der Waals surface area contributed by atoms with Crippen molar-refractivity contribution in [1.29, 1.82) is 0 Å². The van der Waals surface area contributed by atoms with Crippen LogP contribution in [0.25, 0.3) is 0 Å². The van der Waals surface area contributed by atoms with Gasteiger partial charge < -0.3 is 5.11 Å². The monoisotopic (exact) mass is 197 g/mol. The fraction of sp³-hybridized carbons (Fsp3) is 0.600. The number of nitrogens with zero attached hydrogens (tertiary/aromatic N) is 1. The second kappa shape index (κ2) is 3.78. The van der Waals surface area contributed by atoms with Crippen LogP contribution in [0.5, 0.6) is 0 Å². The van der Waals surface area contributed by atoms with Crippen molar-refractivity contribution in [1.82, 2.24) is 4.90 Å². The lowest BCUT2D eigenvalue weighted by atomic mass is 10.0. The smallest absolute Gasteiger partial charge is 0.0472 e. The highest BCUT2D eigenvalue weighted by Gasteiger charge is 2.29. The molecule has 72 valence electrons. The quantitative estimate of drug-likeness (QED) is 0.780. The first-order valence-electron chi connectivity index (χ1n) is 4.64. The van der Waals surface area contributed by atoms with E-state index in [-0.39, 0.29) is 0 Å². The van der Waals surface area contributed by atoms with Crippen molar-refractivity contribution in [3.05, 3.63) is 22.4 Å². The highest BCUT2D eigenvalue weighted by atomic mass is 32.1. The first kappa shape index (κ1) is 9.19. The Bertz CT molecular complexity index is 260. The molecule has 13 heavy (non-hydrogen) atoms. The zero-order chi connectivity index (χ0) is 9.26. The first-order valence-corrected chi connectivity index (χ1v) is 5.58. The van der Waals surface area contributed by atoms with Crippen LogP contribution < -0.4 is 0 Å². The minimum Gasteiger partial charge on any atom is -0.396 e. The average Bonchev–Trinajstić information content (AvgIpc) is 2.72. The maximum absolute atomic E-state index is 9.08. The summed E-state index contributed by atoms with van der Waals surface area (Å²) < 4.78 is 0. The molecule has 1 aromatic rings. The van der Waals surface area contributed by atoms with Crippen LogP contribution in [0.4, 0.5) is 0 Å². The van der Waals surface area contributed by atoms with Crippen LogP contribution in [0.2, 0.25) is 0 Å². The van der Waals surface area contributed by atoms with E-state index in [2.05, 4.69) is 28.8 Å². The summed E-state index contributed by atoms with van der Waals surface area (Å²) in [6.07, 6.45) is 1.10. The number of aliphatic hydroxyl groups is 1. The molecule has 3 heteroatoms. The highest BCUT2D eigenvalue weighted by Crippen LogP contribution is 2.34. The van der Waals surface area contributed by atoms with Crippen LogP contribution in [-0.4, -0.2) is 30.2 Å². The van der Waals surface area contributed by atoms with Crippen LogP contribution in [-0.2, 0) is 0 Å². The maximum Gasteiger partial charge on any atom is 0.0472 e. The first-order chi connectivity index (χ1) is 6.31. The molecule has 1 aliphatic rings. The van der Waals surface area contributed by atoms with Gasteiger partial charge in [0.2, 0.25) is 0 Å². The minimum absolute atomic E-state index is 0.324. The third kappa shape index (κ3) is 1.77. The van der Waals surface area contributed by atoms with Crippen molar-refractivity contribution < 1.29 is 5.11 Å². The molecule has 0 amide bonds. The molecule has 2 rings (SSSR count). The molecule has 1 saturated heterocycles. The Balaban J connectivity index is 2.09. The van der Waals surface area contributed by atoms with Crippen molar-refractivity contribution in [2.45, 2.75) is 12.5 Å². The van der Waals surface area contributed by atoms with E-state index in [1.54, 1.807) is 11.3 Å². The van der Waals surface area contributed by atoms with Crippen molar-refractivity contribution in [3.63, 3.8) is 0 Å². The average molecular weight is 197 g/mol. The largest absolute Gasteiger partial charge is 0.396 e. The number of likely N-dealkylation sites (tertiary alicyclic amines) is 1. The van der Waals surface area contributed by atoms with Gasteiger partial charge in [-0.3, -0.25) is 4.90 Å². The lowest BCUT2D eigenvalue weighted by Crippen LogP contribution is -2.18. The molecule has 1 N–H and O–H groups in total. The van der Waals surface area contributed by atoms with Crippen LogP contribution in [0.15, 0.2) is 16.8 Å². The van der Waals surface area contributed by atoms with Crippen molar-refractivity contribution in [2.75, 3.05) is 20.2 Å². The predicted molar refractivity (Wildman–Crippen MR) is 54.9 cm³/mol. The Labute approximate surface area is 82.8 Å². The molecule has 0 bridgehead atoms. The number of aliphatic hydroxyl groups excluding tert-OH is 1. The van der Waals surface area contributed by atoms with Gasteiger partial charge in [0.25, 0.3) is 0 Å². The fourth-order valence-electron chi connectivity index (χ4n) is 2.09. The van der Waals surface area contributed by atoms with Gasteiger partial charge in [0.15, 0.2) is 0 Å². The van der Waals surface area contributed by atoms with E-state index in [1.807, 2.05) is 0 Å². The summed E-state index contributed by atoms with van der Waals surface area (Å²) in [6.45, 7) is 1.35. The molecule has 1 aliphatic heterocycles. The molecule has 2 atom stereocenters. The lowest BCUT2D eigenvalue weighted by Gasteiger charge is -2.17. The second-order valence-electron chi connectivity index (χ2n) is 3.80. The molecule has 0 saturated carbocycles. The number of hydrogen-bond acceptors (Lipinski definition) is 3. The van der Waals surface area contributed by atoms with Crippen LogP contribution in [0.3, 0.4) is 0 Å². The maximum atomic E-state index is 9.08. The summed E-state index contributed by atoms with van der Waals surface area (Å²) in [4.78, 5) is 2.34. The fourth-order valence-corrected chi connectivity index (χ4v) is 2.80. The van der Waals surface area contributed by atoms with Gasteiger partial charge in [0.1, 0.15) is 0 Å². The summed E-state index contributed by atoms with van der Waals surface area (Å²) in [7, 11) is 2.14. The van der Waals surface area contributed by atoms with Crippen molar-refractivity contribution >= 4 is 11.3 Å². The van der Waals surface area contributed by atoms with E-state index in [0.29, 0.717) is 18.6 Å². The summed E-state index contributed by atoms with van der Waals surface area (Å²) in [6, 6.07) is 2.72. The van der Waals surface area contributed by atoms with Gasteiger partial charge in [0, 0.05) is 19.2 Å². The minimum atomic E-state index is 0.324. The van der Waals surface area contributed by atoms with E-state index in [0.717, 1.165) is 13.0 Å². The van der Waals surface area contributed by atoms with Gasteiger partial charge in [-0.25, -0.2) is 0 Å². The summed E-state index contributed by atoms with van der Waals surface area (Å²) in [5, 5.41) is 13.4. The van der Waals surface area contributed by atoms with Gasteiger partial charge in [-0.15, -0.1) is 0 Å². The Morgan fingerprint density at radius 2 is 2.54 bits per heavy atom. The molecule has 1 fully saturated rings. The zero-order valence-electron chi connectivity index (χ0n) is 7.81. The molecular formula is C10H15NOS. The normalized spacial score (nSPS) is 29.7. The third-order valence-corrected chi connectivity index (χ3v) is 3.52. The highest BCUT2D eigenvalue weighted by molar-refractivity contribution is 7.07. The predicted octanol–water partition coefficient (Wildman–Crippen LogP) is 1.73. The van der Waals surface area contributed by atoms with Gasteiger partial charge >= 0.3 is 0 Å². The van der Waals surface area contributed by atoms with Gasteiger partial charge in [0.05, 0.1) is 0 Å². The Kier molecular flexibility index (Phi) is 2.67. The third-order valence-electron chi connectivity index (χ3n) is 2.82. The topological polar surface area (TPSA) is 23.5 Å². The lowest BCUT2D eigenvalue weighted by molar-refractivity contribution is 0.227. The molecule has 0 aliphatic carbocycles. The van der Waals surface area contributed by atoms with Gasteiger partial charge in [-0.05, 0) is 41.8 Å². The van der Waals surface area contributed by atoms with E-state index in [1.165, 1.54) is 5.56 Å². The molecule has 2 nitrogen and oxygen atoms in total. The van der Waals surface area contributed by atoms with Gasteiger partial charge in [-0.1, -0.05) is 0 Å². The molecule has 0 spiro atoms. The van der Waals surface area contributed by atoms with E-state index in [4.69, 9.17) is 5.11 Å². The molecule has 2 heterocycles. The summed E-state index contributed by atoms with van der Waals surface area (Å²) in [5.41, 5.74) is 1.41. The molecule has 0 unspecified atom stereocenters. The van der Waals surface area contributed by atoms with Crippen LogP contribution >= 0.6 is 11.3 Å². The molecule has 0 aromatic carbocycles. The Morgan fingerprint density at radius 1 is 1.69 bits per heavy atom. The van der Waals surface area contributed by atoms with Crippen molar-refractivity contribution in [2.24, 2.45) is 5.92 Å². The van der Waals surface area contributed by atoms with Crippen LogP contribution in [0, 0.1) is 5.92 Å². The Morgan fingerprint density at radius 3 is 3.08 bits per heavy atom. The number of hydrogen-bond donors (Lipinski definition) is 1. The standard InChI is InChI=1S/C10H15NOS/c1-11-5-8(6-12)4-10(11)9-2-3-13-7-9/h2-3,7-8,10,12H,4-6H2,1H3/t8-,10-/m1/s1. The summed E-state index contributed by atoms with van der Waals surface area (Å²) in [5.74, 6) is 0.467.